The van der Waals surface area contributed by atoms with Crippen molar-refractivity contribution in [1.82, 2.24) is 15.2 Å². The molecule has 3 N–H and O–H groups in total. The molecular formula is C10H9Cl2N5O. The number of carbonyl (C=O) groups excluding carboxylic acids is 1. The number of hydrogen-bond acceptors (Lipinski definition) is 3. The molecule has 1 aromatic heterocycles. The van der Waals surface area contributed by atoms with Crippen LogP contribution in [0.2, 0.25) is 10.0 Å². The molecule has 6 nitrogen and oxygen atoms in total. The minimum atomic E-state index is -0.738. The highest BCUT2D eigenvalue weighted by molar-refractivity contribution is 6.37. The summed E-state index contributed by atoms with van der Waals surface area (Å²) in [4.78, 5) is 16.6. The summed E-state index contributed by atoms with van der Waals surface area (Å²) in [6.45, 7) is 1.71. The molecular weight excluding hydrogens is 277 g/mol. The highest BCUT2D eigenvalue weighted by Gasteiger charge is 2.21. The van der Waals surface area contributed by atoms with Gasteiger partial charge in [0.1, 0.15) is 5.82 Å². The fraction of sp³-hybridized carbons (Fsp3) is 0.100. The third-order valence-electron chi connectivity index (χ3n) is 2.16. The van der Waals surface area contributed by atoms with Crippen LogP contribution >= 0.6 is 23.2 Å². The van der Waals surface area contributed by atoms with Crippen molar-refractivity contribution in [3.63, 3.8) is 0 Å². The number of halogens is 2. The number of aryl methyl sites for hydroxylation is 1. The van der Waals surface area contributed by atoms with Gasteiger partial charge in [-0.05, 0) is 25.1 Å². The average Bonchev–Trinajstić information content (AvgIpc) is 2.68. The molecule has 0 spiro atoms. The standard InChI is InChI=1S/C10H9Cl2N5O/c1-5-14-10(16-15-5)17(9(13)18)8-3-2-6(11)4-7(8)12/h2-4H,1H3,(H2,13,18)(H,14,15,16). The Kier molecular flexibility index (Phi) is 3.40. The lowest BCUT2D eigenvalue weighted by atomic mass is 10.3. The molecule has 0 fully saturated rings. The van der Waals surface area contributed by atoms with E-state index in [0.717, 1.165) is 4.90 Å². The first-order valence-electron chi connectivity index (χ1n) is 4.92. The summed E-state index contributed by atoms with van der Waals surface area (Å²) in [6.07, 6.45) is 0. The van der Waals surface area contributed by atoms with E-state index < -0.39 is 6.03 Å². The fourth-order valence-electron chi connectivity index (χ4n) is 1.42. The molecule has 0 aliphatic heterocycles. The molecule has 0 aliphatic carbocycles. The summed E-state index contributed by atoms with van der Waals surface area (Å²) in [5.41, 5.74) is 5.69. The van der Waals surface area contributed by atoms with Gasteiger partial charge in [0.15, 0.2) is 0 Å². The molecule has 0 radical (unpaired) electrons. The number of urea groups is 1. The van der Waals surface area contributed by atoms with Crippen molar-refractivity contribution < 1.29 is 4.79 Å². The zero-order valence-corrected chi connectivity index (χ0v) is 10.8. The third-order valence-corrected chi connectivity index (χ3v) is 2.69. The van der Waals surface area contributed by atoms with Crippen molar-refractivity contribution in [2.45, 2.75) is 6.92 Å². The first-order chi connectivity index (χ1) is 8.49. The normalized spacial score (nSPS) is 10.4. The van der Waals surface area contributed by atoms with Crippen LogP contribution in [0.15, 0.2) is 18.2 Å². The average molecular weight is 286 g/mol. The number of benzene rings is 1. The highest BCUT2D eigenvalue weighted by Crippen LogP contribution is 2.32. The second kappa shape index (κ2) is 4.83. The molecule has 8 heteroatoms. The Morgan fingerprint density at radius 2 is 2.17 bits per heavy atom. The maximum Gasteiger partial charge on any atom is 0.326 e. The van der Waals surface area contributed by atoms with Crippen molar-refractivity contribution in [1.29, 1.82) is 0 Å². The molecule has 0 unspecified atom stereocenters. The van der Waals surface area contributed by atoms with Gasteiger partial charge in [0.2, 0.25) is 0 Å². The van der Waals surface area contributed by atoms with Crippen molar-refractivity contribution in [2.24, 2.45) is 5.73 Å². The number of rotatable bonds is 2. The van der Waals surface area contributed by atoms with Gasteiger partial charge in [0.25, 0.3) is 5.95 Å². The molecule has 0 bridgehead atoms. The molecule has 0 saturated heterocycles. The number of aromatic amines is 1. The third kappa shape index (κ3) is 2.39. The molecule has 2 amide bonds. The predicted octanol–water partition coefficient (Wildman–Crippen LogP) is 2.64. The van der Waals surface area contributed by atoms with Crippen LogP contribution in [0.3, 0.4) is 0 Å². The zero-order chi connectivity index (χ0) is 13.3. The lowest BCUT2D eigenvalue weighted by molar-refractivity contribution is 0.256. The van der Waals surface area contributed by atoms with Gasteiger partial charge in [-0.25, -0.2) is 9.69 Å². The Labute approximate surface area is 113 Å². The predicted molar refractivity (Wildman–Crippen MR) is 69.3 cm³/mol. The SMILES string of the molecule is Cc1nc(N(C(N)=O)c2ccc(Cl)cc2Cl)n[nH]1. The summed E-state index contributed by atoms with van der Waals surface area (Å²) in [5.74, 6) is 0.686. The summed E-state index contributed by atoms with van der Waals surface area (Å²) in [6, 6.07) is 3.94. The number of amides is 2. The molecule has 94 valence electrons. The summed E-state index contributed by atoms with van der Waals surface area (Å²) >= 11 is 11.8. The highest BCUT2D eigenvalue weighted by atomic mass is 35.5. The zero-order valence-electron chi connectivity index (χ0n) is 9.32. The van der Waals surface area contributed by atoms with Gasteiger partial charge in [-0.1, -0.05) is 23.2 Å². The Hall–Kier alpha value is -1.79. The number of carbonyl (C=O) groups is 1. The summed E-state index contributed by atoms with van der Waals surface area (Å²) in [5, 5.41) is 7.24. The fourth-order valence-corrected chi connectivity index (χ4v) is 1.91. The number of aromatic nitrogens is 3. The molecule has 0 aliphatic rings. The Balaban J connectivity index is 2.51. The van der Waals surface area contributed by atoms with Crippen LogP contribution in [0.5, 0.6) is 0 Å². The van der Waals surface area contributed by atoms with E-state index in [4.69, 9.17) is 28.9 Å². The largest absolute Gasteiger partial charge is 0.351 e. The van der Waals surface area contributed by atoms with E-state index in [1.165, 1.54) is 6.07 Å². The second-order valence-electron chi connectivity index (χ2n) is 3.49. The van der Waals surface area contributed by atoms with E-state index in [-0.39, 0.29) is 11.0 Å². The van der Waals surface area contributed by atoms with Gasteiger partial charge in [0, 0.05) is 5.02 Å². The maximum absolute atomic E-state index is 11.5. The van der Waals surface area contributed by atoms with Crippen molar-refractivity contribution in [3.8, 4) is 0 Å². The van der Waals surface area contributed by atoms with Crippen molar-refractivity contribution in [3.05, 3.63) is 34.1 Å². The first kappa shape index (κ1) is 12.7. The number of H-pyrrole nitrogens is 1. The van der Waals surface area contributed by atoms with Crippen LogP contribution in [-0.4, -0.2) is 21.2 Å². The van der Waals surface area contributed by atoms with E-state index in [1.54, 1.807) is 19.1 Å². The van der Waals surface area contributed by atoms with E-state index in [2.05, 4.69) is 15.2 Å². The minimum absolute atomic E-state index is 0.129. The van der Waals surface area contributed by atoms with Crippen LogP contribution in [0.4, 0.5) is 16.4 Å². The number of nitrogens with zero attached hydrogens (tertiary/aromatic N) is 3. The number of nitrogens with two attached hydrogens (primary N) is 1. The maximum atomic E-state index is 11.5. The Morgan fingerprint density at radius 1 is 1.44 bits per heavy atom. The minimum Gasteiger partial charge on any atom is -0.351 e. The second-order valence-corrected chi connectivity index (χ2v) is 4.33. The van der Waals surface area contributed by atoms with Gasteiger partial charge in [-0.3, -0.25) is 5.10 Å². The van der Waals surface area contributed by atoms with Crippen LogP contribution < -0.4 is 10.6 Å². The van der Waals surface area contributed by atoms with E-state index in [9.17, 15) is 4.79 Å². The molecule has 2 aromatic rings. The molecule has 0 atom stereocenters. The van der Waals surface area contributed by atoms with Gasteiger partial charge in [0.05, 0.1) is 10.7 Å². The van der Waals surface area contributed by atoms with Gasteiger partial charge < -0.3 is 5.73 Å². The quantitative estimate of drug-likeness (QED) is 0.889. The molecule has 1 aromatic carbocycles. The Bertz CT molecular complexity index is 598. The smallest absolute Gasteiger partial charge is 0.326 e. The Morgan fingerprint density at radius 3 is 2.67 bits per heavy atom. The lowest BCUT2D eigenvalue weighted by Crippen LogP contribution is -2.32. The van der Waals surface area contributed by atoms with Crippen molar-refractivity contribution in [2.75, 3.05) is 4.90 Å². The number of nitrogens with one attached hydrogen (secondary N) is 1. The van der Waals surface area contributed by atoms with Crippen LogP contribution in [0, 0.1) is 6.92 Å². The molecule has 2 rings (SSSR count). The number of anilines is 2. The summed E-state index contributed by atoms with van der Waals surface area (Å²) < 4.78 is 0. The molecule has 0 saturated carbocycles. The van der Waals surface area contributed by atoms with Gasteiger partial charge >= 0.3 is 6.03 Å². The molecule has 18 heavy (non-hydrogen) atoms. The topological polar surface area (TPSA) is 87.9 Å². The van der Waals surface area contributed by atoms with E-state index >= 15 is 0 Å². The number of primary amides is 1. The van der Waals surface area contributed by atoms with Gasteiger partial charge in [-0.15, -0.1) is 5.10 Å². The van der Waals surface area contributed by atoms with Crippen LogP contribution in [0.1, 0.15) is 5.82 Å². The van der Waals surface area contributed by atoms with Gasteiger partial charge in [-0.2, -0.15) is 4.98 Å². The first-order valence-corrected chi connectivity index (χ1v) is 5.68. The van der Waals surface area contributed by atoms with Crippen LogP contribution in [0.25, 0.3) is 0 Å². The van der Waals surface area contributed by atoms with E-state index in [0.29, 0.717) is 16.5 Å². The molecule has 1 heterocycles. The number of hydrogen-bond donors (Lipinski definition) is 2. The monoisotopic (exact) mass is 285 g/mol. The van der Waals surface area contributed by atoms with E-state index in [1.807, 2.05) is 0 Å². The summed E-state index contributed by atoms with van der Waals surface area (Å²) in [7, 11) is 0. The lowest BCUT2D eigenvalue weighted by Gasteiger charge is -2.17. The van der Waals surface area contributed by atoms with Crippen molar-refractivity contribution >= 4 is 40.9 Å². The van der Waals surface area contributed by atoms with Crippen LogP contribution in [-0.2, 0) is 0 Å².